The second-order valence-electron chi connectivity index (χ2n) is 7.48. The van der Waals surface area contributed by atoms with Gasteiger partial charge in [0.25, 0.3) is 11.6 Å². The van der Waals surface area contributed by atoms with Gasteiger partial charge in [0.2, 0.25) is 5.91 Å². The molecule has 0 unspecified atom stereocenters. The minimum atomic E-state index is -0.548. The first-order chi connectivity index (χ1) is 15.4. The maximum atomic E-state index is 13.4. The normalized spacial score (nSPS) is 12.7. The van der Waals surface area contributed by atoms with Crippen molar-refractivity contribution in [3.05, 3.63) is 94.0 Å². The topological polar surface area (TPSA) is 93.0 Å². The van der Waals surface area contributed by atoms with Gasteiger partial charge in [-0.1, -0.05) is 48.0 Å². The molecule has 2 amide bonds. The van der Waals surface area contributed by atoms with Gasteiger partial charge in [0.1, 0.15) is 12.3 Å². The van der Waals surface area contributed by atoms with E-state index in [0.717, 1.165) is 11.1 Å². The Morgan fingerprint density at radius 1 is 1.09 bits per heavy atom. The van der Waals surface area contributed by atoms with Crippen LogP contribution in [0.1, 0.15) is 11.1 Å². The summed E-state index contributed by atoms with van der Waals surface area (Å²) in [6, 6.07) is 21.1. The Bertz CT molecular complexity index is 1160. The van der Waals surface area contributed by atoms with Crippen LogP contribution in [0.25, 0.3) is 0 Å². The zero-order chi connectivity index (χ0) is 22.7. The Morgan fingerprint density at radius 2 is 1.81 bits per heavy atom. The lowest BCUT2D eigenvalue weighted by atomic mass is 10.1. The second-order valence-corrected chi connectivity index (χ2v) is 7.48. The lowest BCUT2D eigenvalue weighted by molar-refractivity contribution is -0.384. The summed E-state index contributed by atoms with van der Waals surface area (Å²) in [5, 5.41) is 11.2. The number of ether oxygens (including phenoxy) is 1. The Kier molecular flexibility index (Phi) is 5.85. The smallest absolute Gasteiger partial charge is 0.271 e. The molecule has 162 valence electrons. The molecule has 8 heteroatoms. The van der Waals surface area contributed by atoms with Gasteiger partial charge in [-0.15, -0.1) is 0 Å². The number of aryl methyl sites for hydroxylation is 1. The molecule has 1 aliphatic heterocycles. The number of hydrogen-bond acceptors (Lipinski definition) is 5. The van der Waals surface area contributed by atoms with E-state index in [0.29, 0.717) is 18.0 Å². The molecule has 0 radical (unpaired) electrons. The predicted octanol–water partition coefficient (Wildman–Crippen LogP) is 3.86. The Labute approximate surface area is 184 Å². The summed E-state index contributed by atoms with van der Waals surface area (Å²) >= 11 is 0. The maximum Gasteiger partial charge on any atom is 0.271 e. The quantitative estimate of drug-likeness (QED) is 0.436. The second kappa shape index (κ2) is 8.89. The number of carbonyl (C=O) groups is 2. The number of carbonyl (C=O) groups excluding carboxylic acids is 2. The minimum Gasteiger partial charge on any atom is -0.482 e. The number of nitrogens with zero attached hydrogens (tertiary/aromatic N) is 3. The first kappa shape index (κ1) is 21.0. The number of amides is 2. The van der Waals surface area contributed by atoms with Crippen LogP contribution in [0.5, 0.6) is 5.75 Å². The fraction of sp³-hybridized carbons (Fsp3) is 0.167. The molecule has 0 bridgehead atoms. The number of non-ortho nitro benzene ring substituents is 1. The predicted molar refractivity (Wildman–Crippen MR) is 120 cm³/mol. The molecular weight excluding hydrogens is 410 g/mol. The van der Waals surface area contributed by atoms with Crippen molar-refractivity contribution in [3.8, 4) is 5.75 Å². The third-order valence-electron chi connectivity index (χ3n) is 5.22. The van der Waals surface area contributed by atoms with E-state index in [-0.39, 0.29) is 30.4 Å². The first-order valence-corrected chi connectivity index (χ1v) is 10.0. The van der Waals surface area contributed by atoms with Gasteiger partial charge in [-0.2, -0.15) is 0 Å². The van der Waals surface area contributed by atoms with E-state index in [9.17, 15) is 19.7 Å². The van der Waals surface area contributed by atoms with E-state index in [2.05, 4.69) is 0 Å². The standard InChI is InChI=1S/C24H21N3O5/c1-17-7-9-19(10-8-17)25(14-18-5-3-2-4-6-18)23(28)15-26-21-13-20(27(30)31)11-12-22(21)32-16-24(26)29/h2-13H,14-16H2,1H3. The van der Waals surface area contributed by atoms with Crippen molar-refractivity contribution in [2.45, 2.75) is 13.5 Å². The summed E-state index contributed by atoms with van der Waals surface area (Å²) in [7, 11) is 0. The van der Waals surface area contributed by atoms with Gasteiger partial charge in [0.15, 0.2) is 6.61 Å². The summed E-state index contributed by atoms with van der Waals surface area (Å²) in [6.07, 6.45) is 0. The van der Waals surface area contributed by atoms with Crippen molar-refractivity contribution in [1.82, 2.24) is 0 Å². The van der Waals surface area contributed by atoms with Crippen LogP contribution in [0.2, 0.25) is 0 Å². The molecule has 0 N–H and O–H groups in total. The summed E-state index contributed by atoms with van der Waals surface area (Å²) < 4.78 is 5.40. The first-order valence-electron chi connectivity index (χ1n) is 10.0. The number of nitro groups is 1. The monoisotopic (exact) mass is 431 g/mol. The molecular formula is C24H21N3O5. The summed E-state index contributed by atoms with van der Waals surface area (Å²) in [4.78, 5) is 39.5. The molecule has 3 aromatic rings. The lowest BCUT2D eigenvalue weighted by Crippen LogP contribution is -2.46. The van der Waals surface area contributed by atoms with Crippen LogP contribution in [0.3, 0.4) is 0 Å². The van der Waals surface area contributed by atoms with Gasteiger partial charge in [0, 0.05) is 17.8 Å². The molecule has 1 heterocycles. The molecule has 0 atom stereocenters. The van der Waals surface area contributed by atoms with Gasteiger partial charge >= 0.3 is 0 Å². The highest BCUT2D eigenvalue weighted by Gasteiger charge is 2.31. The van der Waals surface area contributed by atoms with Crippen molar-refractivity contribution < 1.29 is 19.2 Å². The van der Waals surface area contributed by atoms with E-state index in [4.69, 9.17) is 4.74 Å². The molecule has 8 nitrogen and oxygen atoms in total. The molecule has 1 aliphatic rings. The molecule has 0 aromatic heterocycles. The number of hydrogen-bond donors (Lipinski definition) is 0. The van der Waals surface area contributed by atoms with Crippen LogP contribution in [0.15, 0.2) is 72.8 Å². The van der Waals surface area contributed by atoms with Gasteiger partial charge in [0.05, 0.1) is 17.2 Å². The largest absolute Gasteiger partial charge is 0.482 e. The van der Waals surface area contributed by atoms with Crippen LogP contribution in [-0.4, -0.2) is 29.9 Å². The van der Waals surface area contributed by atoms with Crippen molar-refractivity contribution >= 4 is 28.9 Å². The number of fused-ring (bicyclic) bond motifs is 1. The molecule has 3 aromatic carbocycles. The SMILES string of the molecule is Cc1ccc(N(Cc2ccccc2)C(=O)CN2C(=O)COc3ccc([N+](=O)[O-])cc32)cc1. The Morgan fingerprint density at radius 3 is 2.50 bits per heavy atom. The Balaban J connectivity index is 1.66. The van der Waals surface area contributed by atoms with Crippen molar-refractivity contribution in [3.63, 3.8) is 0 Å². The van der Waals surface area contributed by atoms with E-state index >= 15 is 0 Å². The number of nitro benzene ring substituents is 1. The molecule has 0 fully saturated rings. The third-order valence-corrected chi connectivity index (χ3v) is 5.22. The number of benzene rings is 3. The Hall–Kier alpha value is -4.20. The van der Waals surface area contributed by atoms with Gasteiger partial charge in [-0.05, 0) is 30.7 Å². The average Bonchev–Trinajstić information content (AvgIpc) is 2.80. The van der Waals surface area contributed by atoms with Crippen LogP contribution < -0.4 is 14.5 Å². The summed E-state index contributed by atoms with van der Waals surface area (Å²) in [5.41, 5.74) is 2.73. The molecule has 4 rings (SSSR count). The number of rotatable bonds is 6. The highest BCUT2D eigenvalue weighted by molar-refractivity contribution is 6.06. The van der Waals surface area contributed by atoms with E-state index in [1.165, 1.54) is 23.1 Å². The molecule has 32 heavy (non-hydrogen) atoms. The van der Waals surface area contributed by atoms with Crippen LogP contribution in [0.4, 0.5) is 17.1 Å². The fourth-order valence-corrected chi connectivity index (χ4v) is 3.51. The lowest BCUT2D eigenvalue weighted by Gasteiger charge is -2.31. The summed E-state index contributed by atoms with van der Waals surface area (Å²) in [6.45, 7) is 1.78. The van der Waals surface area contributed by atoms with Crippen molar-refractivity contribution in [2.24, 2.45) is 0 Å². The van der Waals surface area contributed by atoms with E-state index < -0.39 is 10.8 Å². The van der Waals surface area contributed by atoms with Gasteiger partial charge < -0.3 is 9.64 Å². The molecule has 0 saturated heterocycles. The van der Waals surface area contributed by atoms with Gasteiger partial charge in [-0.3, -0.25) is 24.6 Å². The van der Waals surface area contributed by atoms with E-state index in [1.807, 2.05) is 61.5 Å². The van der Waals surface area contributed by atoms with Crippen LogP contribution in [-0.2, 0) is 16.1 Å². The highest BCUT2D eigenvalue weighted by Crippen LogP contribution is 2.35. The van der Waals surface area contributed by atoms with Crippen LogP contribution >= 0.6 is 0 Å². The molecule has 0 saturated carbocycles. The summed E-state index contributed by atoms with van der Waals surface area (Å²) in [5.74, 6) is -0.423. The zero-order valence-corrected chi connectivity index (χ0v) is 17.4. The average molecular weight is 431 g/mol. The van der Waals surface area contributed by atoms with E-state index in [1.54, 1.807) is 4.90 Å². The van der Waals surface area contributed by atoms with Crippen LogP contribution in [0, 0.1) is 17.0 Å². The minimum absolute atomic E-state index is 0.181. The molecule has 0 aliphatic carbocycles. The zero-order valence-electron chi connectivity index (χ0n) is 17.4. The highest BCUT2D eigenvalue weighted by atomic mass is 16.6. The van der Waals surface area contributed by atoms with Gasteiger partial charge in [-0.25, -0.2) is 0 Å². The van der Waals surface area contributed by atoms with Crippen molar-refractivity contribution in [2.75, 3.05) is 23.0 Å². The number of anilines is 2. The van der Waals surface area contributed by atoms with Crippen molar-refractivity contribution in [1.29, 1.82) is 0 Å². The molecule has 0 spiro atoms. The third kappa shape index (κ3) is 4.44. The maximum absolute atomic E-state index is 13.4. The fourth-order valence-electron chi connectivity index (χ4n) is 3.51.